The molecule has 2 fully saturated rings. The number of rotatable bonds is 3. The molecule has 3 unspecified atom stereocenters. The molecule has 0 radical (unpaired) electrons. The van der Waals surface area contributed by atoms with Gasteiger partial charge in [0, 0.05) is 18.8 Å². The smallest absolute Gasteiger partial charge is 0.130 e. The van der Waals surface area contributed by atoms with Crippen LogP contribution in [0.1, 0.15) is 77.7 Å². The van der Waals surface area contributed by atoms with Gasteiger partial charge in [0.1, 0.15) is 5.78 Å². The summed E-state index contributed by atoms with van der Waals surface area (Å²) in [4.78, 5) is 16.1. The maximum absolute atomic E-state index is 11.7. The van der Waals surface area contributed by atoms with Crippen molar-refractivity contribution in [1.82, 2.24) is 4.98 Å². The molecule has 2 nitrogen and oxygen atoms in total. The topological polar surface area (TPSA) is 30.0 Å². The molecule has 29 heavy (non-hydrogen) atoms. The van der Waals surface area contributed by atoms with Crippen LogP contribution in [-0.2, 0) is 4.79 Å². The van der Waals surface area contributed by atoms with Crippen LogP contribution in [0.15, 0.2) is 42.3 Å². The van der Waals surface area contributed by atoms with E-state index in [0.717, 1.165) is 24.2 Å². The minimum absolute atomic E-state index is 0.303. The van der Waals surface area contributed by atoms with Crippen molar-refractivity contribution < 1.29 is 4.79 Å². The molecule has 0 aromatic carbocycles. The van der Waals surface area contributed by atoms with Crippen LogP contribution in [0.5, 0.6) is 0 Å². The first-order chi connectivity index (χ1) is 13.9. The molecular formula is C27H35NO. The Hall–Kier alpha value is -1.70. The van der Waals surface area contributed by atoms with E-state index < -0.39 is 0 Å². The minimum Gasteiger partial charge on any atom is -0.300 e. The molecular weight excluding hydrogens is 354 g/mol. The van der Waals surface area contributed by atoms with E-state index in [9.17, 15) is 4.79 Å². The molecule has 0 amide bonds. The Morgan fingerprint density at radius 2 is 1.93 bits per heavy atom. The van der Waals surface area contributed by atoms with E-state index in [1.54, 1.807) is 18.1 Å². The molecule has 1 aromatic rings. The third kappa shape index (κ3) is 2.97. The van der Waals surface area contributed by atoms with Crippen molar-refractivity contribution in [3.05, 3.63) is 47.8 Å². The van der Waals surface area contributed by atoms with Gasteiger partial charge >= 0.3 is 0 Å². The average Bonchev–Trinajstić information content (AvgIpc) is 3.06. The van der Waals surface area contributed by atoms with E-state index in [1.807, 2.05) is 6.20 Å². The first kappa shape index (κ1) is 19.3. The van der Waals surface area contributed by atoms with Gasteiger partial charge in [0.05, 0.1) is 0 Å². The van der Waals surface area contributed by atoms with Gasteiger partial charge in [-0.25, -0.2) is 0 Å². The molecule has 4 aliphatic rings. The molecule has 6 atom stereocenters. The van der Waals surface area contributed by atoms with E-state index in [2.05, 4.69) is 49.3 Å². The molecule has 1 heterocycles. The van der Waals surface area contributed by atoms with E-state index in [-0.39, 0.29) is 0 Å². The summed E-state index contributed by atoms with van der Waals surface area (Å²) >= 11 is 0. The number of ketones is 1. The van der Waals surface area contributed by atoms with E-state index in [1.165, 1.54) is 50.5 Å². The highest BCUT2D eigenvalue weighted by molar-refractivity contribution is 5.75. The maximum Gasteiger partial charge on any atom is 0.130 e. The fourth-order valence-corrected chi connectivity index (χ4v) is 7.85. The molecule has 1 aromatic heterocycles. The van der Waals surface area contributed by atoms with Crippen molar-refractivity contribution in [3.63, 3.8) is 0 Å². The van der Waals surface area contributed by atoms with Gasteiger partial charge < -0.3 is 4.79 Å². The molecule has 2 saturated carbocycles. The van der Waals surface area contributed by atoms with Gasteiger partial charge in [-0.05, 0) is 104 Å². The minimum atomic E-state index is 0.303. The lowest BCUT2D eigenvalue weighted by Gasteiger charge is -2.58. The number of aromatic nitrogens is 1. The summed E-state index contributed by atoms with van der Waals surface area (Å²) in [7, 11) is 0. The number of pyridine rings is 1. The number of fused-ring (bicyclic) bond motifs is 5. The number of hydrogen-bond acceptors (Lipinski definition) is 2. The van der Waals surface area contributed by atoms with Gasteiger partial charge in [0.2, 0.25) is 0 Å². The first-order valence-corrected chi connectivity index (χ1v) is 11.7. The van der Waals surface area contributed by atoms with Crippen LogP contribution in [0, 0.1) is 34.5 Å². The molecule has 0 spiro atoms. The Morgan fingerprint density at radius 3 is 2.69 bits per heavy atom. The summed E-state index contributed by atoms with van der Waals surface area (Å²) in [5, 5.41) is 0. The lowest BCUT2D eigenvalue weighted by Crippen LogP contribution is -2.49. The summed E-state index contributed by atoms with van der Waals surface area (Å²) < 4.78 is 0. The average molecular weight is 390 g/mol. The highest BCUT2D eigenvalue weighted by Crippen LogP contribution is 2.66. The van der Waals surface area contributed by atoms with Crippen molar-refractivity contribution in [2.45, 2.75) is 72.1 Å². The van der Waals surface area contributed by atoms with E-state index in [4.69, 9.17) is 0 Å². The van der Waals surface area contributed by atoms with Gasteiger partial charge in [-0.2, -0.15) is 0 Å². The predicted molar refractivity (Wildman–Crippen MR) is 118 cm³/mol. The number of hydrogen-bond donors (Lipinski definition) is 0. The summed E-state index contributed by atoms with van der Waals surface area (Å²) in [5.41, 5.74) is 5.25. The molecule has 0 aliphatic heterocycles. The lowest BCUT2D eigenvalue weighted by molar-refractivity contribution is -0.118. The molecule has 4 aliphatic carbocycles. The second-order valence-electron chi connectivity index (χ2n) is 10.8. The Bertz CT molecular complexity index is 868. The summed E-state index contributed by atoms with van der Waals surface area (Å²) in [6, 6.07) is 4.32. The summed E-state index contributed by atoms with van der Waals surface area (Å²) in [6.07, 6.45) is 18.7. The highest BCUT2D eigenvalue weighted by Gasteiger charge is 2.56. The summed E-state index contributed by atoms with van der Waals surface area (Å²) in [6.45, 7) is 6.85. The maximum atomic E-state index is 11.7. The third-order valence-electron chi connectivity index (χ3n) is 9.34. The van der Waals surface area contributed by atoms with Crippen molar-refractivity contribution in [2.24, 2.45) is 34.5 Å². The Labute approximate surface area is 175 Å². The molecule has 0 bridgehead atoms. The van der Waals surface area contributed by atoms with Crippen molar-refractivity contribution >= 4 is 11.4 Å². The molecule has 154 valence electrons. The standard InChI is InChI=1S/C27H35NO/c1-18(29)15-19-10-12-26(2)21(16-19)6-7-22-24-9-8-23(20-5-4-14-28-17-20)27(24,3)13-11-25(22)26/h4-6,8,14,17,19,22,24-25H,7,9-13,15-16H2,1-3H3/t19-,22?,24?,25?,26-,27+/m0/s1. The predicted octanol–water partition coefficient (Wildman–Crippen LogP) is 6.63. The third-order valence-corrected chi connectivity index (χ3v) is 9.34. The number of nitrogens with zero attached hydrogens (tertiary/aromatic N) is 1. The second kappa shape index (κ2) is 6.93. The van der Waals surface area contributed by atoms with Gasteiger partial charge in [-0.15, -0.1) is 0 Å². The van der Waals surface area contributed by atoms with Crippen molar-refractivity contribution in [2.75, 3.05) is 0 Å². The number of carbonyl (C=O) groups is 1. The quantitative estimate of drug-likeness (QED) is 0.543. The van der Waals surface area contributed by atoms with Crippen LogP contribution in [0.4, 0.5) is 0 Å². The van der Waals surface area contributed by atoms with Crippen LogP contribution >= 0.6 is 0 Å². The van der Waals surface area contributed by atoms with Gasteiger partial charge in [0.25, 0.3) is 0 Å². The van der Waals surface area contributed by atoms with Gasteiger partial charge in [0.15, 0.2) is 0 Å². The number of carbonyl (C=O) groups excluding carboxylic acids is 1. The van der Waals surface area contributed by atoms with Crippen LogP contribution in [0.3, 0.4) is 0 Å². The number of allylic oxidation sites excluding steroid dienone is 4. The zero-order chi connectivity index (χ0) is 20.2. The molecule has 0 N–H and O–H groups in total. The number of Topliss-reactive ketones (excluding diaryl/α,β-unsaturated/α-hetero) is 1. The second-order valence-corrected chi connectivity index (χ2v) is 10.8. The SMILES string of the molecule is CC(=O)C[C@@H]1CC[C@@]2(C)C(=CCC3C2CC[C@]2(C)C(c4cccnc4)=CCC32)C1. The molecule has 2 heteroatoms. The van der Waals surface area contributed by atoms with Crippen LogP contribution in [-0.4, -0.2) is 10.8 Å². The monoisotopic (exact) mass is 389 g/mol. The highest BCUT2D eigenvalue weighted by atomic mass is 16.1. The zero-order valence-corrected chi connectivity index (χ0v) is 18.3. The van der Waals surface area contributed by atoms with E-state index in [0.29, 0.717) is 22.5 Å². The Balaban J connectivity index is 1.41. The fourth-order valence-electron chi connectivity index (χ4n) is 7.85. The van der Waals surface area contributed by atoms with Crippen molar-refractivity contribution in [3.8, 4) is 0 Å². The zero-order valence-electron chi connectivity index (χ0n) is 18.3. The molecule has 5 rings (SSSR count). The van der Waals surface area contributed by atoms with Crippen LogP contribution < -0.4 is 0 Å². The Morgan fingerprint density at radius 1 is 1.10 bits per heavy atom. The van der Waals surface area contributed by atoms with Gasteiger partial charge in [-0.1, -0.05) is 37.6 Å². The first-order valence-electron chi connectivity index (χ1n) is 11.7. The van der Waals surface area contributed by atoms with Crippen molar-refractivity contribution in [1.29, 1.82) is 0 Å². The van der Waals surface area contributed by atoms with Crippen LogP contribution in [0.2, 0.25) is 0 Å². The Kier molecular flexibility index (Phi) is 4.60. The normalized spacial score (nSPS) is 40.9. The lowest BCUT2D eigenvalue weighted by atomic mass is 9.47. The van der Waals surface area contributed by atoms with E-state index >= 15 is 0 Å². The van der Waals surface area contributed by atoms with Gasteiger partial charge in [-0.3, -0.25) is 4.98 Å². The van der Waals surface area contributed by atoms with Crippen LogP contribution in [0.25, 0.3) is 5.57 Å². The largest absolute Gasteiger partial charge is 0.300 e. The summed E-state index contributed by atoms with van der Waals surface area (Å²) in [5.74, 6) is 3.34. The fraction of sp³-hybridized carbons (Fsp3) is 0.630. The molecule has 0 saturated heterocycles.